The Balaban J connectivity index is 2.15. The second-order valence-corrected chi connectivity index (χ2v) is 5.55. The maximum atomic E-state index is 12.7. The summed E-state index contributed by atoms with van der Waals surface area (Å²) in [6, 6.07) is 7.90. The van der Waals surface area contributed by atoms with E-state index in [0.717, 1.165) is 49.4 Å². The van der Waals surface area contributed by atoms with Crippen molar-refractivity contribution in [1.82, 2.24) is 10.2 Å². The maximum Gasteiger partial charge on any atom is 0.254 e. The third-order valence-electron chi connectivity index (χ3n) is 3.57. The van der Waals surface area contributed by atoms with Gasteiger partial charge in [-0.3, -0.25) is 4.79 Å². The highest BCUT2D eigenvalue weighted by atomic mass is 32.1. The number of nitrogens with one attached hydrogen (secondary N) is 1. The van der Waals surface area contributed by atoms with Gasteiger partial charge in [0.15, 0.2) is 0 Å². The van der Waals surface area contributed by atoms with Crippen molar-refractivity contribution in [1.29, 1.82) is 0 Å². The summed E-state index contributed by atoms with van der Waals surface area (Å²) < 4.78 is 0. The van der Waals surface area contributed by atoms with E-state index in [1.807, 2.05) is 29.2 Å². The zero-order chi connectivity index (χ0) is 13.7. The Labute approximate surface area is 120 Å². The lowest BCUT2D eigenvalue weighted by atomic mass is 10.0. The summed E-state index contributed by atoms with van der Waals surface area (Å²) in [5.41, 5.74) is 0.750. The van der Waals surface area contributed by atoms with E-state index in [1.54, 1.807) is 0 Å². The number of hydrogen-bond acceptors (Lipinski definition) is 3. The topological polar surface area (TPSA) is 32.3 Å². The van der Waals surface area contributed by atoms with Crippen molar-refractivity contribution in [2.24, 2.45) is 0 Å². The summed E-state index contributed by atoms with van der Waals surface area (Å²) in [6.45, 7) is 4.96. The lowest BCUT2D eigenvalue weighted by Crippen LogP contribution is -2.46. The van der Waals surface area contributed by atoms with Gasteiger partial charge in [0, 0.05) is 23.0 Å². The quantitative estimate of drug-likeness (QED) is 0.830. The van der Waals surface area contributed by atoms with Gasteiger partial charge in [-0.2, -0.15) is 0 Å². The molecule has 1 aromatic carbocycles. The van der Waals surface area contributed by atoms with Gasteiger partial charge in [0.1, 0.15) is 0 Å². The van der Waals surface area contributed by atoms with Crippen molar-refractivity contribution in [2.45, 2.75) is 37.1 Å². The molecule has 0 saturated carbocycles. The number of rotatable bonds is 4. The van der Waals surface area contributed by atoms with Gasteiger partial charge in [-0.05, 0) is 50.6 Å². The van der Waals surface area contributed by atoms with Crippen molar-refractivity contribution >= 4 is 18.5 Å². The molecule has 1 aliphatic rings. The number of amides is 1. The first-order chi connectivity index (χ1) is 9.22. The van der Waals surface area contributed by atoms with E-state index in [9.17, 15) is 4.79 Å². The molecular weight excluding hydrogens is 256 g/mol. The van der Waals surface area contributed by atoms with E-state index in [-0.39, 0.29) is 5.91 Å². The van der Waals surface area contributed by atoms with Crippen LogP contribution in [0.4, 0.5) is 0 Å². The first-order valence-corrected chi connectivity index (χ1v) is 7.48. The Bertz CT molecular complexity index is 430. The number of hydrogen-bond donors (Lipinski definition) is 2. The summed E-state index contributed by atoms with van der Waals surface area (Å²) in [5.74, 6) is 0.143. The fourth-order valence-electron chi connectivity index (χ4n) is 2.61. The summed E-state index contributed by atoms with van der Waals surface area (Å²) in [5, 5.41) is 3.35. The molecule has 1 aromatic rings. The molecule has 0 spiro atoms. The minimum atomic E-state index is 0.143. The molecular formula is C15H22N2OS. The van der Waals surface area contributed by atoms with E-state index in [1.165, 1.54) is 0 Å². The molecule has 2 rings (SSSR count). The molecule has 0 aliphatic carbocycles. The molecule has 1 saturated heterocycles. The van der Waals surface area contributed by atoms with Gasteiger partial charge in [-0.1, -0.05) is 13.0 Å². The number of benzene rings is 1. The Morgan fingerprint density at radius 3 is 2.79 bits per heavy atom. The summed E-state index contributed by atoms with van der Waals surface area (Å²) >= 11 is 4.32. The molecule has 0 unspecified atom stereocenters. The average Bonchev–Trinajstić information content (AvgIpc) is 2.45. The average molecular weight is 278 g/mol. The number of carbonyl (C=O) groups is 1. The summed E-state index contributed by atoms with van der Waals surface area (Å²) in [4.78, 5) is 15.5. The molecule has 3 nitrogen and oxygen atoms in total. The highest BCUT2D eigenvalue weighted by molar-refractivity contribution is 7.80. The summed E-state index contributed by atoms with van der Waals surface area (Å²) in [6.07, 6.45) is 3.09. The predicted molar refractivity (Wildman–Crippen MR) is 80.9 cm³/mol. The van der Waals surface area contributed by atoms with Crippen molar-refractivity contribution in [2.75, 3.05) is 19.6 Å². The van der Waals surface area contributed by atoms with Crippen LogP contribution in [0.2, 0.25) is 0 Å². The Hall–Kier alpha value is -1.00. The number of nitrogens with zero attached hydrogens (tertiary/aromatic N) is 1. The van der Waals surface area contributed by atoms with Gasteiger partial charge in [0.05, 0.1) is 0 Å². The van der Waals surface area contributed by atoms with Crippen molar-refractivity contribution in [3.63, 3.8) is 0 Å². The minimum absolute atomic E-state index is 0.143. The molecule has 19 heavy (non-hydrogen) atoms. The molecule has 1 N–H and O–H groups in total. The molecule has 1 heterocycles. The second kappa shape index (κ2) is 6.96. The van der Waals surface area contributed by atoms with E-state index in [0.29, 0.717) is 6.04 Å². The largest absolute Gasteiger partial charge is 0.336 e. The normalized spacial score (nSPS) is 16.3. The second-order valence-electron chi connectivity index (χ2n) is 5.03. The fraction of sp³-hybridized carbons (Fsp3) is 0.533. The smallest absolute Gasteiger partial charge is 0.254 e. The van der Waals surface area contributed by atoms with Crippen molar-refractivity contribution in [3.8, 4) is 0 Å². The Kier molecular flexibility index (Phi) is 5.28. The highest BCUT2D eigenvalue weighted by Crippen LogP contribution is 2.18. The first kappa shape index (κ1) is 14.4. The zero-order valence-corrected chi connectivity index (χ0v) is 12.3. The van der Waals surface area contributed by atoms with Crippen molar-refractivity contribution in [3.05, 3.63) is 29.8 Å². The lowest BCUT2D eigenvalue weighted by molar-refractivity contribution is 0.0642. The van der Waals surface area contributed by atoms with E-state index < -0.39 is 0 Å². The third-order valence-corrected chi connectivity index (χ3v) is 3.85. The molecule has 0 bridgehead atoms. The summed E-state index contributed by atoms with van der Waals surface area (Å²) in [7, 11) is 0. The van der Waals surface area contributed by atoms with Gasteiger partial charge in [0.25, 0.3) is 5.91 Å². The third kappa shape index (κ3) is 3.74. The van der Waals surface area contributed by atoms with Gasteiger partial charge >= 0.3 is 0 Å². The molecule has 0 atom stereocenters. The molecule has 0 radical (unpaired) electrons. The van der Waals surface area contributed by atoms with Crippen LogP contribution in [0.1, 0.15) is 36.5 Å². The molecule has 104 valence electrons. The van der Waals surface area contributed by atoms with E-state index in [2.05, 4.69) is 24.9 Å². The number of carbonyl (C=O) groups excluding carboxylic acids is 1. The molecule has 1 amide bonds. The van der Waals surface area contributed by atoms with Crippen LogP contribution >= 0.6 is 12.6 Å². The van der Waals surface area contributed by atoms with E-state index in [4.69, 9.17) is 0 Å². The molecule has 1 aliphatic heterocycles. The van der Waals surface area contributed by atoms with Gasteiger partial charge < -0.3 is 10.2 Å². The number of piperidine rings is 1. The SMILES string of the molecule is CCCN(C(=O)c1cccc(S)c1)C1CCNCC1. The van der Waals surface area contributed by atoms with E-state index >= 15 is 0 Å². The van der Waals surface area contributed by atoms with Gasteiger partial charge in [0.2, 0.25) is 0 Å². The van der Waals surface area contributed by atoms with Crippen LogP contribution in [-0.4, -0.2) is 36.5 Å². The predicted octanol–water partition coefficient (Wildman–Crippen LogP) is 2.58. The monoisotopic (exact) mass is 278 g/mol. The first-order valence-electron chi connectivity index (χ1n) is 7.03. The van der Waals surface area contributed by atoms with Gasteiger partial charge in [-0.15, -0.1) is 12.6 Å². The number of thiol groups is 1. The molecule has 4 heteroatoms. The van der Waals surface area contributed by atoms with Crippen LogP contribution < -0.4 is 5.32 Å². The zero-order valence-electron chi connectivity index (χ0n) is 11.4. The Morgan fingerprint density at radius 2 is 2.16 bits per heavy atom. The van der Waals surface area contributed by atoms with Crippen LogP contribution in [0.25, 0.3) is 0 Å². The minimum Gasteiger partial charge on any atom is -0.336 e. The fourth-order valence-corrected chi connectivity index (χ4v) is 2.84. The lowest BCUT2D eigenvalue weighted by Gasteiger charge is -2.34. The Morgan fingerprint density at radius 1 is 1.42 bits per heavy atom. The maximum absolute atomic E-state index is 12.7. The highest BCUT2D eigenvalue weighted by Gasteiger charge is 2.25. The molecule has 1 fully saturated rings. The van der Waals surface area contributed by atoms with Crippen molar-refractivity contribution < 1.29 is 4.79 Å². The van der Waals surface area contributed by atoms with Crippen LogP contribution in [0.3, 0.4) is 0 Å². The van der Waals surface area contributed by atoms with Crippen LogP contribution in [-0.2, 0) is 0 Å². The van der Waals surface area contributed by atoms with Crippen LogP contribution in [0.15, 0.2) is 29.2 Å². The standard InChI is InChI=1S/C15H22N2OS/c1-2-10-17(13-6-8-16-9-7-13)15(18)12-4-3-5-14(19)11-12/h3-5,11,13,16,19H,2,6-10H2,1H3. The molecule has 0 aromatic heterocycles. The van der Waals surface area contributed by atoms with Crippen LogP contribution in [0, 0.1) is 0 Å². The van der Waals surface area contributed by atoms with Gasteiger partial charge in [-0.25, -0.2) is 0 Å². The van der Waals surface area contributed by atoms with Crippen LogP contribution in [0.5, 0.6) is 0 Å².